The summed E-state index contributed by atoms with van der Waals surface area (Å²) in [5.74, 6) is 0.251. The number of imidazole rings is 1. The third-order valence-corrected chi connectivity index (χ3v) is 8.41. The van der Waals surface area contributed by atoms with E-state index < -0.39 is 0 Å². The van der Waals surface area contributed by atoms with Gasteiger partial charge in [0.1, 0.15) is 5.65 Å². The second-order valence-corrected chi connectivity index (χ2v) is 11.0. The van der Waals surface area contributed by atoms with E-state index in [4.69, 9.17) is 9.97 Å². The first-order valence-corrected chi connectivity index (χ1v) is 14.4. The van der Waals surface area contributed by atoms with Crippen LogP contribution in [0.5, 0.6) is 0 Å². The first-order valence-electron chi connectivity index (χ1n) is 14.4. The van der Waals surface area contributed by atoms with E-state index in [0.717, 1.165) is 52.9 Å². The van der Waals surface area contributed by atoms with E-state index in [1.54, 1.807) is 0 Å². The standard InChI is InChI=1S/C38H29N3/c1-3-12-26(13-4-1)30-23-31(27-14-5-2-6-15-27)25-32(24-30)28-16-11-17-29(22-28)36-38-37(33-18-7-8-19-34(33)39-36)40-35-20-9-10-21-41(35)38/h1-6,8-17,19-24,32H,7,18,25H2. The Bertz CT molecular complexity index is 2010. The third-order valence-electron chi connectivity index (χ3n) is 8.41. The average Bonchev–Trinajstić information content (AvgIpc) is 3.45. The van der Waals surface area contributed by atoms with Gasteiger partial charge < -0.3 is 0 Å². The molecule has 3 aromatic carbocycles. The summed E-state index contributed by atoms with van der Waals surface area (Å²) >= 11 is 0. The van der Waals surface area contributed by atoms with Crippen molar-refractivity contribution < 1.29 is 0 Å². The number of rotatable bonds is 4. The molecule has 3 heterocycles. The van der Waals surface area contributed by atoms with Crippen molar-refractivity contribution in [3.63, 3.8) is 0 Å². The van der Waals surface area contributed by atoms with Gasteiger partial charge in [-0.3, -0.25) is 4.40 Å². The van der Waals surface area contributed by atoms with Crippen LogP contribution in [-0.4, -0.2) is 14.4 Å². The number of aromatic nitrogens is 3. The van der Waals surface area contributed by atoms with Crippen LogP contribution in [0.25, 0.3) is 45.2 Å². The molecule has 6 aromatic rings. The maximum Gasteiger partial charge on any atom is 0.137 e. The van der Waals surface area contributed by atoms with Crippen molar-refractivity contribution >= 4 is 33.9 Å². The number of nitrogens with zero attached hydrogens (tertiary/aromatic N) is 3. The quantitative estimate of drug-likeness (QED) is 0.229. The van der Waals surface area contributed by atoms with Gasteiger partial charge in [0.05, 0.1) is 22.4 Å². The van der Waals surface area contributed by atoms with E-state index >= 15 is 0 Å². The molecule has 0 saturated heterocycles. The lowest BCUT2D eigenvalue weighted by atomic mass is 9.81. The van der Waals surface area contributed by atoms with Gasteiger partial charge in [0.25, 0.3) is 0 Å². The van der Waals surface area contributed by atoms with Crippen molar-refractivity contribution in [2.75, 3.05) is 0 Å². The lowest BCUT2D eigenvalue weighted by Gasteiger charge is -2.24. The zero-order chi connectivity index (χ0) is 27.2. The molecule has 1 atom stereocenters. The largest absolute Gasteiger partial charge is 0.298 e. The molecule has 41 heavy (non-hydrogen) atoms. The fourth-order valence-corrected chi connectivity index (χ4v) is 6.40. The molecule has 0 bridgehead atoms. The average molecular weight is 528 g/mol. The number of allylic oxidation sites excluding steroid dienone is 5. The van der Waals surface area contributed by atoms with Crippen LogP contribution in [0.1, 0.15) is 46.7 Å². The summed E-state index contributed by atoms with van der Waals surface area (Å²) in [5, 5.41) is 0. The van der Waals surface area contributed by atoms with Crippen LogP contribution in [0.2, 0.25) is 0 Å². The van der Waals surface area contributed by atoms with Crippen molar-refractivity contribution in [2.45, 2.75) is 25.2 Å². The third kappa shape index (κ3) is 4.22. The van der Waals surface area contributed by atoms with Crippen LogP contribution in [0.15, 0.2) is 128 Å². The van der Waals surface area contributed by atoms with Crippen LogP contribution in [0, 0.1) is 0 Å². The minimum atomic E-state index is 0.251. The van der Waals surface area contributed by atoms with Gasteiger partial charge in [0.15, 0.2) is 0 Å². The SMILES string of the molecule is C1=Cc2nc(-c3cccc(C4C=C(c5ccccc5)C=C(c5ccccc5)C4)c3)c3c(nc4ccccn43)c2CC1. The Hall–Kier alpha value is -5.02. The summed E-state index contributed by atoms with van der Waals surface area (Å²) in [6, 6.07) is 36.7. The second-order valence-electron chi connectivity index (χ2n) is 11.0. The Morgan fingerprint density at radius 1 is 0.732 bits per heavy atom. The normalized spacial score (nSPS) is 16.4. The molecule has 0 N–H and O–H groups in total. The summed E-state index contributed by atoms with van der Waals surface area (Å²) in [4.78, 5) is 10.4. The topological polar surface area (TPSA) is 30.2 Å². The summed E-state index contributed by atoms with van der Waals surface area (Å²) in [6.07, 6.45) is 14.3. The van der Waals surface area contributed by atoms with Crippen molar-refractivity contribution in [3.8, 4) is 11.3 Å². The van der Waals surface area contributed by atoms with Gasteiger partial charge >= 0.3 is 0 Å². The molecule has 0 aliphatic heterocycles. The highest BCUT2D eigenvalue weighted by molar-refractivity contribution is 5.96. The Morgan fingerprint density at radius 3 is 2.37 bits per heavy atom. The zero-order valence-electron chi connectivity index (χ0n) is 22.7. The highest BCUT2D eigenvalue weighted by Gasteiger charge is 2.23. The molecule has 0 spiro atoms. The van der Waals surface area contributed by atoms with E-state index in [1.165, 1.54) is 33.4 Å². The van der Waals surface area contributed by atoms with Crippen LogP contribution in [0.3, 0.4) is 0 Å². The van der Waals surface area contributed by atoms with Crippen LogP contribution in [-0.2, 0) is 6.42 Å². The van der Waals surface area contributed by atoms with Gasteiger partial charge in [-0.05, 0) is 71.4 Å². The predicted octanol–water partition coefficient (Wildman–Crippen LogP) is 9.16. The Morgan fingerprint density at radius 2 is 1.51 bits per heavy atom. The van der Waals surface area contributed by atoms with Crippen molar-refractivity contribution in [1.82, 2.24) is 14.4 Å². The number of hydrogen-bond acceptors (Lipinski definition) is 2. The van der Waals surface area contributed by atoms with Gasteiger partial charge in [-0.25, -0.2) is 9.97 Å². The number of benzene rings is 3. The molecule has 3 nitrogen and oxygen atoms in total. The summed E-state index contributed by atoms with van der Waals surface area (Å²) in [5.41, 5.74) is 14.0. The number of pyridine rings is 2. The highest BCUT2D eigenvalue weighted by Crippen LogP contribution is 2.41. The molecule has 0 amide bonds. The van der Waals surface area contributed by atoms with Crippen LogP contribution >= 0.6 is 0 Å². The van der Waals surface area contributed by atoms with E-state index in [1.807, 2.05) is 0 Å². The molecule has 8 rings (SSSR count). The van der Waals surface area contributed by atoms with Crippen LogP contribution in [0.4, 0.5) is 0 Å². The zero-order valence-corrected chi connectivity index (χ0v) is 22.7. The van der Waals surface area contributed by atoms with Crippen LogP contribution < -0.4 is 0 Å². The Labute approximate surface area is 239 Å². The fraction of sp³-hybridized carbons (Fsp3) is 0.105. The molecule has 2 aliphatic rings. The van der Waals surface area contributed by atoms with Gasteiger partial charge in [-0.2, -0.15) is 0 Å². The van der Waals surface area contributed by atoms with Crippen molar-refractivity contribution in [1.29, 1.82) is 0 Å². The maximum absolute atomic E-state index is 5.27. The number of aryl methyl sites for hydroxylation is 1. The van der Waals surface area contributed by atoms with Gasteiger partial charge in [0, 0.05) is 23.2 Å². The Kier molecular flexibility index (Phi) is 5.74. The smallest absolute Gasteiger partial charge is 0.137 e. The molecular weight excluding hydrogens is 498 g/mol. The van der Waals surface area contributed by atoms with Gasteiger partial charge in [-0.15, -0.1) is 0 Å². The van der Waals surface area contributed by atoms with Crippen molar-refractivity contribution in [2.24, 2.45) is 0 Å². The molecule has 3 aromatic heterocycles. The lowest BCUT2D eigenvalue weighted by molar-refractivity contribution is 0.871. The van der Waals surface area contributed by atoms with E-state index in [9.17, 15) is 0 Å². The van der Waals surface area contributed by atoms with Crippen molar-refractivity contribution in [3.05, 3.63) is 156 Å². The fourth-order valence-electron chi connectivity index (χ4n) is 6.40. The molecule has 2 aliphatic carbocycles. The molecule has 0 fully saturated rings. The molecule has 0 saturated carbocycles. The molecule has 0 radical (unpaired) electrons. The predicted molar refractivity (Wildman–Crippen MR) is 169 cm³/mol. The maximum atomic E-state index is 5.27. The van der Waals surface area contributed by atoms with Gasteiger partial charge in [-0.1, -0.05) is 103 Å². The summed E-state index contributed by atoms with van der Waals surface area (Å²) in [6.45, 7) is 0. The number of fused-ring (bicyclic) bond motifs is 5. The summed E-state index contributed by atoms with van der Waals surface area (Å²) < 4.78 is 2.20. The molecule has 1 unspecified atom stereocenters. The second kappa shape index (κ2) is 9.87. The highest BCUT2D eigenvalue weighted by atomic mass is 15.0. The van der Waals surface area contributed by atoms with Gasteiger partial charge in [0.2, 0.25) is 0 Å². The van der Waals surface area contributed by atoms with E-state index in [-0.39, 0.29) is 5.92 Å². The minimum absolute atomic E-state index is 0.251. The Balaban J connectivity index is 1.28. The first kappa shape index (κ1) is 23.8. The minimum Gasteiger partial charge on any atom is -0.298 e. The lowest BCUT2D eigenvalue weighted by Crippen LogP contribution is -2.05. The van der Waals surface area contributed by atoms with E-state index in [0.29, 0.717) is 0 Å². The summed E-state index contributed by atoms with van der Waals surface area (Å²) in [7, 11) is 0. The number of hydrogen-bond donors (Lipinski definition) is 0. The molecular formula is C38H29N3. The molecule has 3 heteroatoms. The van der Waals surface area contributed by atoms with E-state index in [2.05, 4.69) is 138 Å². The monoisotopic (exact) mass is 527 g/mol. The first-order chi connectivity index (χ1) is 20.3. The molecule has 196 valence electrons.